The number of aliphatic carboxylic acids is 2. The maximum Gasteiger partial charge on any atom is 0.341 e. The Labute approximate surface area is 298 Å². The summed E-state index contributed by atoms with van der Waals surface area (Å²) in [5.41, 5.74) is 13.3. The topological polar surface area (TPSA) is 226 Å². The van der Waals surface area contributed by atoms with Gasteiger partial charge in [0, 0.05) is 17.9 Å². The third-order valence-electron chi connectivity index (χ3n) is 8.16. The first-order valence-electron chi connectivity index (χ1n) is 15.2. The molecule has 3 aromatic carbocycles. The molecule has 0 bridgehead atoms. The summed E-state index contributed by atoms with van der Waals surface area (Å²) in [4.78, 5) is 75.4. The van der Waals surface area contributed by atoms with Gasteiger partial charge in [-0.2, -0.15) is 0 Å². The van der Waals surface area contributed by atoms with Gasteiger partial charge in [0.05, 0.1) is 46.3 Å². The normalized spacial score (nSPS) is 10.8. The molecule has 0 unspecified atom stereocenters. The minimum atomic E-state index is -1.24. The maximum atomic E-state index is 13.2. The molecule has 6 N–H and O–H groups in total. The molecule has 2 heterocycles. The maximum absolute atomic E-state index is 13.2. The number of rotatable bonds is 16. The number of fused-ring (bicyclic) bond motifs is 2. The SMILES string of the molecule is C.C.Cc1c(C(=O)C(N)=O)c2c(OCC(=O)O)cccc2n1CN(Cc1ccccc1)Cn1c(C)c(C(=O)C(N)=O)c2c(OCC(=O)O)cccc21. The van der Waals surface area contributed by atoms with E-state index in [1.54, 1.807) is 47.2 Å². The lowest BCUT2D eigenvalue weighted by Crippen LogP contribution is -2.30. The molecule has 0 saturated carbocycles. The van der Waals surface area contributed by atoms with Crippen molar-refractivity contribution < 1.29 is 48.5 Å². The number of nitrogens with two attached hydrogens (primary N) is 2. The molecule has 0 fully saturated rings. The zero-order chi connectivity index (χ0) is 36.3. The van der Waals surface area contributed by atoms with E-state index in [-0.39, 0.29) is 61.6 Å². The van der Waals surface area contributed by atoms with Gasteiger partial charge in [0.15, 0.2) is 13.2 Å². The van der Waals surface area contributed by atoms with Gasteiger partial charge in [-0.05, 0) is 43.7 Å². The van der Waals surface area contributed by atoms with Gasteiger partial charge in [-0.3, -0.25) is 24.1 Å². The molecule has 0 aliphatic heterocycles. The van der Waals surface area contributed by atoms with Gasteiger partial charge in [0.25, 0.3) is 23.4 Å². The number of aromatic nitrogens is 2. The second-order valence-electron chi connectivity index (χ2n) is 11.4. The lowest BCUT2D eigenvalue weighted by atomic mass is 10.1. The van der Waals surface area contributed by atoms with E-state index in [1.807, 2.05) is 35.2 Å². The number of hydrogen-bond donors (Lipinski definition) is 4. The fraction of sp³-hybridized carbons (Fsp3) is 0.243. The number of primary amides is 2. The second-order valence-corrected chi connectivity index (χ2v) is 11.4. The predicted molar refractivity (Wildman–Crippen MR) is 192 cm³/mol. The van der Waals surface area contributed by atoms with Gasteiger partial charge in [0.1, 0.15) is 11.5 Å². The molecule has 5 aromatic rings. The van der Waals surface area contributed by atoms with E-state index in [9.17, 15) is 39.0 Å². The number of ketones is 2. The van der Waals surface area contributed by atoms with Crippen molar-refractivity contribution >= 4 is 57.1 Å². The van der Waals surface area contributed by atoms with Crippen LogP contribution in [0.15, 0.2) is 66.7 Å². The number of benzene rings is 3. The van der Waals surface area contributed by atoms with Crippen molar-refractivity contribution in [1.82, 2.24) is 14.0 Å². The van der Waals surface area contributed by atoms with Crippen LogP contribution in [0.1, 0.15) is 52.5 Å². The highest BCUT2D eigenvalue weighted by Gasteiger charge is 2.29. The summed E-state index contributed by atoms with van der Waals surface area (Å²) in [6.45, 7) is 2.35. The molecule has 0 aliphatic carbocycles. The lowest BCUT2D eigenvalue weighted by molar-refractivity contribution is -0.140. The molecule has 52 heavy (non-hydrogen) atoms. The smallest absolute Gasteiger partial charge is 0.341 e. The highest BCUT2D eigenvalue weighted by atomic mass is 16.5. The lowest BCUT2D eigenvalue weighted by Gasteiger charge is -2.26. The Morgan fingerprint density at radius 3 is 1.40 bits per heavy atom. The highest BCUT2D eigenvalue weighted by Crippen LogP contribution is 2.37. The number of amides is 2. The molecular weight excluding hydrogens is 674 g/mol. The largest absolute Gasteiger partial charge is 0.481 e. The summed E-state index contributed by atoms with van der Waals surface area (Å²) >= 11 is 0. The van der Waals surface area contributed by atoms with E-state index < -0.39 is 48.5 Å². The van der Waals surface area contributed by atoms with E-state index in [0.717, 1.165) is 5.56 Å². The van der Waals surface area contributed by atoms with Crippen molar-refractivity contribution in [2.24, 2.45) is 11.5 Å². The number of Topliss-reactive ketones (excluding diaryl/α,β-unsaturated/α-hetero) is 2. The Balaban J connectivity index is 0.00000364. The van der Waals surface area contributed by atoms with E-state index in [2.05, 4.69) is 0 Å². The summed E-state index contributed by atoms with van der Waals surface area (Å²) in [5.74, 6) is -6.72. The number of carboxylic acid groups (broad SMARTS) is 2. The van der Waals surface area contributed by atoms with Crippen molar-refractivity contribution in [3.8, 4) is 11.5 Å². The monoisotopic (exact) mass is 715 g/mol. The third kappa shape index (κ3) is 7.94. The van der Waals surface area contributed by atoms with Crippen LogP contribution in [0.3, 0.4) is 0 Å². The van der Waals surface area contributed by atoms with Crippen molar-refractivity contribution in [2.75, 3.05) is 13.2 Å². The number of carbonyl (C=O) groups is 6. The van der Waals surface area contributed by atoms with Gasteiger partial charge in [-0.25, -0.2) is 9.59 Å². The van der Waals surface area contributed by atoms with Crippen LogP contribution in [0.5, 0.6) is 11.5 Å². The zero-order valence-electron chi connectivity index (χ0n) is 27.0. The summed E-state index contributed by atoms with van der Waals surface area (Å²) in [6, 6.07) is 19.0. The molecule has 0 saturated heterocycles. The van der Waals surface area contributed by atoms with Crippen molar-refractivity contribution in [1.29, 1.82) is 0 Å². The molecule has 274 valence electrons. The van der Waals surface area contributed by atoms with Crippen molar-refractivity contribution in [3.63, 3.8) is 0 Å². The number of carboxylic acids is 2. The van der Waals surface area contributed by atoms with Gasteiger partial charge >= 0.3 is 11.9 Å². The molecule has 0 radical (unpaired) electrons. The van der Waals surface area contributed by atoms with Crippen LogP contribution in [-0.2, 0) is 39.1 Å². The van der Waals surface area contributed by atoms with E-state index in [0.29, 0.717) is 29.0 Å². The first-order valence-corrected chi connectivity index (χ1v) is 15.2. The molecular formula is C37H41N5O10. The number of hydrogen-bond acceptors (Lipinski definition) is 9. The Kier molecular flexibility index (Phi) is 12.7. The van der Waals surface area contributed by atoms with Crippen LogP contribution < -0.4 is 20.9 Å². The van der Waals surface area contributed by atoms with Crippen molar-refractivity contribution in [2.45, 2.75) is 48.6 Å². The standard InChI is InChI=1S/C35H33N5O10.2CH4/c1-19-28(32(45)34(36)47)30-22(10-6-12-24(30)49-15-26(41)42)39(19)17-38(14-21-8-4-3-5-9-21)18-40-20(2)29(33(46)35(37)48)31-23(40)11-7-13-25(31)50-16-27(43)44;;/h3-13H,14-18H2,1-2H3,(H2,36,47)(H2,37,48)(H,41,42)(H,43,44);2*1H4. The van der Waals surface area contributed by atoms with E-state index in [1.165, 1.54) is 12.1 Å². The summed E-state index contributed by atoms with van der Waals surface area (Å²) in [6.07, 6.45) is 0. The van der Waals surface area contributed by atoms with Gasteiger partial charge in [-0.15, -0.1) is 0 Å². The van der Waals surface area contributed by atoms with Gasteiger partial charge < -0.3 is 40.3 Å². The van der Waals surface area contributed by atoms with E-state index >= 15 is 0 Å². The number of carbonyl (C=O) groups excluding carboxylic acids is 4. The Bertz CT molecular complexity index is 2050. The average molecular weight is 716 g/mol. The minimum absolute atomic E-state index is 0. The van der Waals surface area contributed by atoms with Crippen LogP contribution in [0, 0.1) is 13.8 Å². The minimum Gasteiger partial charge on any atom is -0.481 e. The fourth-order valence-electron chi connectivity index (χ4n) is 6.06. The van der Waals surface area contributed by atoms with Crippen LogP contribution >= 0.6 is 0 Å². The zero-order valence-corrected chi connectivity index (χ0v) is 27.0. The van der Waals surface area contributed by atoms with Gasteiger partial charge in [-0.1, -0.05) is 57.3 Å². The second kappa shape index (κ2) is 16.5. The van der Waals surface area contributed by atoms with Crippen LogP contribution in [0.4, 0.5) is 0 Å². The molecule has 2 aromatic heterocycles. The molecule has 5 rings (SSSR count). The molecule has 0 spiro atoms. The molecule has 0 atom stereocenters. The number of ether oxygens (including phenoxy) is 2. The molecule has 2 amide bonds. The predicted octanol–water partition coefficient (Wildman–Crippen LogP) is 3.87. The van der Waals surface area contributed by atoms with Crippen molar-refractivity contribution in [3.05, 3.63) is 94.8 Å². The Morgan fingerprint density at radius 2 is 1.04 bits per heavy atom. The first kappa shape index (κ1) is 40.0. The fourth-order valence-corrected chi connectivity index (χ4v) is 6.06. The third-order valence-corrected chi connectivity index (χ3v) is 8.16. The first-order chi connectivity index (χ1) is 23.8. The van der Waals surface area contributed by atoms with Crippen LogP contribution in [0.25, 0.3) is 21.8 Å². The summed E-state index contributed by atoms with van der Waals surface area (Å²) < 4.78 is 14.6. The molecule has 15 nitrogen and oxygen atoms in total. The summed E-state index contributed by atoms with van der Waals surface area (Å²) in [7, 11) is 0. The van der Waals surface area contributed by atoms with Crippen LogP contribution in [0.2, 0.25) is 0 Å². The van der Waals surface area contributed by atoms with Gasteiger partial charge in [0.2, 0.25) is 0 Å². The average Bonchev–Trinajstić information content (AvgIpc) is 3.52. The highest BCUT2D eigenvalue weighted by molar-refractivity contribution is 6.45. The Morgan fingerprint density at radius 1 is 0.635 bits per heavy atom. The molecule has 15 heteroatoms. The number of nitrogens with zero attached hydrogens (tertiary/aromatic N) is 3. The quantitative estimate of drug-likeness (QED) is 0.0847. The Hall–Kier alpha value is -6.48. The molecule has 0 aliphatic rings. The van der Waals surface area contributed by atoms with Crippen LogP contribution in [-0.4, -0.2) is 72.8 Å². The van der Waals surface area contributed by atoms with E-state index in [4.69, 9.17) is 20.9 Å². The summed E-state index contributed by atoms with van der Waals surface area (Å²) in [5, 5.41) is 18.9.